The molecule has 0 spiro atoms. The fraction of sp³-hybridized carbons (Fsp3) is 0.615. The zero-order chi connectivity index (χ0) is 14.2. The number of H-pyrrole nitrogens is 1. The predicted molar refractivity (Wildman–Crippen MR) is 69.5 cm³/mol. The molecule has 1 saturated carbocycles. The van der Waals surface area contributed by atoms with E-state index in [-0.39, 0.29) is 11.6 Å². The second-order valence-corrected chi connectivity index (χ2v) is 5.19. The molecule has 1 fully saturated rings. The second kappa shape index (κ2) is 5.03. The minimum absolute atomic E-state index is 0.0348. The SMILES string of the molecule is CCC1CCC(n2cc(C(=O)O)c(=O)[nH]c2=O)C1C. The molecule has 3 unspecified atom stereocenters. The Labute approximate surface area is 110 Å². The summed E-state index contributed by atoms with van der Waals surface area (Å²) in [4.78, 5) is 36.3. The molecule has 2 rings (SSSR count). The number of carboxylic acids is 1. The number of aromatic carboxylic acids is 1. The van der Waals surface area contributed by atoms with Gasteiger partial charge in [-0.15, -0.1) is 0 Å². The van der Waals surface area contributed by atoms with Gasteiger partial charge in [0.2, 0.25) is 0 Å². The highest BCUT2D eigenvalue weighted by Gasteiger charge is 2.33. The first-order valence-electron chi connectivity index (χ1n) is 6.54. The number of carbonyl (C=O) groups is 1. The van der Waals surface area contributed by atoms with Crippen molar-refractivity contribution in [2.24, 2.45) is 11.8 Å². The minimum Gasteiger partial charge on any atom is -0.477 e. The Hall–Kier alpha value is -1.85. The highest BCUT2D eigenvalue weighted by atomic mass is 16.4. The van der Waals surface area contributed by atoms with Crippen LogP contribution < -0.4 is 11.2 Å². The number of rotatable bonds is 3. The van der Waals surface area contributed by atoms with Gasteiger partial charge in [-0.05, 0) is 24.7 Å². The topological polar surface area (TPSA) is 92.2 Å². The van der Waals surface area contributed by atoms with Crippen molar-refractivity contribution in [1.82, 2.24) is 9.55 Å². The lowest BCUT2D eigenvalue weighted by atomic mass is 9.93. The number of aromatic nitrogens is 2. The summed E-state index contributed by atoms with van der Waals surface area (Å²) in [5.41, 5.74) is -1.75. The van der Waals surface area contributed by atoms with E-state index in [1.54, 1.807) is 0 Å². The minimum atomic E-state index is -1.31. The van der Waals surface area contributed by atoms with Crippen molar-refractivity contribution in [1.29, 1.82) is 0 Å². The van der Waals surface area contributed by atoms with Crippen molar-refractivity contribution in [3.63, 3.8) is 0 Å². The van der Waals surface area contributed by atoms with E-state index in [1.165, 1.54) is 10.8 Å². The summed E-state index contributed by atoms with van der Waals surface area (Å²) in [5.74, 6) is -0.472. The van der Waals surface area contributed by atoms with Gasteiger partial charge in [0.05, 0.1) is 0 Å². The van der Waals surface area contributed by atoms with Crippen molar-refractivity contribution >= 4 is 5.97 Å². The fourth-order valence-corrected chi connectivity index (χ4v) is 3.08. The molecule has 104 valence electrons. The Kier molecular flexibility index (Phi) is 3.59. The fourth-order valence-electron chi connectivity index (χ4n) is 3.08. The lowest BCUT2D eigenvalue weighted by Crippen LogP contribution is -2.36. The summed E-state index contributed by atoms with van der Waals surface area (Å²) < 4.78 is 1.38. The second-order valence-electron chi connectivity index (χ2n) is 5.19. The number of nitrogens with one attached hydrogen (secondary N) is 1. The molecule has 2 N–H and O–H groups in total. The van der Waals surface area contributed by atoms with Crippen LogP contribution in [0.5, 0.6) is 0 Å². The van der Waals surface area contributed by atoms with E-state index in [4.69, 9.17) is 5.11 Å². The first-order valence-corrected chi connectivity index (χ1v) is 6.54. The maximum atomic E-state index is 11.9. The molecule has 6 nitrogen and oxygen atoms in total. The molecule has 6 heteroatoms. The van der Waals surface area contributed by atoms with Crippen LogP contribution in [0.15, 0.2) is 15.8 Å². The molecule has 1 aromatic heterocycles. The van der Waals surface area contributed by atoms with Gasteiger partial charge in [0.1, 0.15) is 5.56 Å². The summed E-state index contributed by atoms with van der Waals surface area (Å²) in [6, 6.07) is -0.0348. The number of hydrogen-bond acceptors (Lipinski definition) is 3. The van der Waals surface area contributed by atoms with Crippen molar-refractivity contribution in [3.8, 4) is 0 Å². The summed E-state index contributed by atoms with van der Waals surface area (Å²) in [5, 5.41) is 8.95. The highest BCUT2D eigenvalue weighted by Crippen LogP contribution is 2.40. The van der Waals surface area contributed by atoms with Crippen LogP contribution in [0.25, 0.3) is 0 Å². The van der Waals surface area contributed by atoms with E-state index < -0.39 is 17.2 Å². The third kappa shape index (κ3) is 2.34. The summed E-state index contributed by atoms with van der Waals surface area (Å²) in [6.45, 7) is 4.19. The molecule has 0 saturated heterocycles. The molecule has 0 aromatic carbocycles. The molecule has 1 aromatic rings. The molecule has 1 aliphatic rings. The zero-order valence-corrected chi connectivity index (χ0v) is 11.0. The summed E-state index contributed by atoms with van der Waals surface area (Å²) >= 11 is 0. The molecule has 3 atom stereocenters. The monoisotopic (exact) mass is 266 g/mol. The Morgan fingerprint density at radius 1 is 1.47 bits per heavy atom. The predicted octanol–water partition coefficient (Wildman–Crippen LogP) is 1.23. The van der Waals surface area contributed by atoms with E-state index in [1.807, 2.05) is 0 Å². The average Bonchev–Trinajstić information content (AvgIpc) is 2.70. The van der Waals surface area contributed by atoms with Crippen LogP contribution >= 0.6 is 0 Å². The molecule has 19 heavy (non-hydrogen) atoms. The van der Waals surface area contributed by atoms with Gasteiger partial charge in [-0.3, -0.25) is 14.3 Å². The van der Waals surface area contributed by atoms with Gasteiger partial charge < -0.3 is 5.11 Å². The van der Waals surface area contributed by atoms with Crippen LogP contribution in [0.4, 0.5) is 0 Å². The Morgan fingerprint density at radius 3 is 2.68 bits per heavy atom. The number of aromatic amines is 1. The van der Waals surface area contributed by atoms with E-state index in [2.05, 4.69) is 18.8 Å². The Bertz CT molecular complexity index is 601. The largest absolute Gasteiger partial charge is 0.477 e. The normalized spacial score (nSPS) is 26.5. The van der Waals surface area contributed by atoms with E-state index in [9.17, 15) is 14.4 Å². The highest BCUT2D eigenvalue weighted by molar-refractivity contribution is 5.86. The van der Waals surface area contributed by atoms with Crippen molar-refractivity contribution in [2.45, 2.75) is 39.2 Å². The molecule has 0 aliphatic heterocycles. The molecule has 0 radical (unpaired) electrons. The Morgan fingerprint density at radius 2 is 2.16 bits per heavy atom. The van der Waals surface area contributed by atoms with Gasteiger partial charge >= 0.3 is 11.7 Å². The third-order valence-corrected chi connectivity index (χ3v) is 4.26. The zero-order valence-electron chi connectivity index (χ0n) is 11.0. The maximum absolute atomic E-state index is 11.9. The Balaban J connectivity index is 2.46. The molecule has 0 amide bonds. The quantitative estimate of drug-likeness (QED) is 0.860. The average molecular weight is 266 g/mol. The maximum Gasteiger partial charge on any atom is 0.342 e. The van der Waals surface area contributed by atoms with Crippen LogP contribution in [0.3, 0.4) is 0 Å². The van der Waals surface area contributed by atoms with Crippen LogP contribution in [-0.4, -0.2) is 20.6 Å². The van der Waals surface area contributed by atoms with E-state index in [0.29, 0.717) is 11.8 Å². The number of carboxylic acid groups (broad SMARTS) is 1. The van der Waals surface area contributed by atoms with Gasteiger partial charge in [-0.2, -0.15) is 0 Å². The van der Waals surface area contributed by atoms with Crippen molar-refractivity contribution < 1.29 is 9.90 Å². The summed E-state index contributed by atoms with van der Waals surface area (Å²) in [6.07, 6.45) is 4.09. The van der Waals surface area contributed by atoms with Gasteiger partial charge in [-0.25, -0.2) is 9.59 Å². The molecule has 1 aliphatic carbocycles. The summed E-state index contributed by atoms with van der Waals surface area (Å²) in [7, 11) is 0. The number of nitrogens with zero attached hydrogens (tertiary/aromatic N) is 1. The van der Waals surface area contributed by atoms with E-state index in [0.717, 1.165) is 19.3 Å². The molecule has 0 bridgehead atoms. The first-order chi connectivity index (χ1) is 8.95. The van der Waals surface area contributed by atoms with Gasteiger partial charge in [0.25, 0.3) is 5.56 Å². The van der Waals surface area contributed by atoms with E-state index >= 15 is 0 Å². The van der Waals surface area contributed by atoms with Crippen LogP contribution in [0.1, 0.15) is 49.5 Å². The van der Waals surface area contributed by atoms with Crippen LogP contribution in [0.2, 0.25) is 0 Å². The lowest BCUT2D eigenvalue weighted by Gasteiger charge is -2.21. The molecule has 1 heterocycles. The van der Waals surface area contributed by atoms with Gasteiger partial charge in [0, 0.05) is 12.2 Å². The van der Waals surface area contributed by atoms with Crippen molar-refractivity contribution in [2.75, 3.05) is 0 Å². The van der Waals surface area contributed by atoms with Crippen LogP contribution in [0, 0.1) is 11.8 Å². The van der Waals surface area contributed by atoms with Gasteiger partial charge in [0.15, 0.2) is 0 Å². The first kappa shape index (κ1) is 13.6. The van der Waals surface area contributed by atoms with Crippen molar-refractivity contribution in [3.05, 3.63) is 32.6 Å². The lowest BCUT2D eigenvalue weighted by molar-refractivity contribution is 0.0693. The molecular formula is C13H18N2O4. The third-order valence-electron chi connectivity index (χ3n) is 4.26. The van der Waals surface area contributed by atoms with Gasteiger partial charge in [-0.1, -0.05) is 20.3 Å². The van der Waals surface area contributed by atoms with Crippen LogP contribution in [-0.2, 0) is 0 Å². The smallest absolute Gasteiger partial charge is 0.342 e. The standard InChI is InChI=1S/C13H18N2O4/c1-3-8-4-5-10(7(8)2)15-6-9(12(17)18)11(16)14-13(15)19/h6-8,10H,3-5H2,1-2H3,(H,17,18)(H,14,16,19). The molecular weight excluding hydrogens is 248 g/mol. The number of hydrogen-bond donors (Lipinski definition) is 2.